The summed E-state index contributed by atoms with van der Waals surface area (Å²) in [5.41, 5.74) is 2.25. The van der Waals surface area contributed by atoms with Crippen LogP contribution in [0.4, 0.5) is 10.1 Å². The van der Waals surface area contributed by atoms with E-state index in [1.165, 1.54) is 11.0 Å². The van der Waals surface area contributed by atoms with Crippen LogP contribution in [-0.2, 0) is 5.75 Å². The van der Waals surface area contributed by atoms with Crippen molar-refractivity contribution in [2.24, 2.45) is 0 Å². The number of nitrogens with zero attached hydrogens (tertiary/aromatic N) is 2. The van der Waals surface area contributed by atoms with Crippen LogP contribution in [0.25, 0.3) is 0 Å². The van der Waals surface area contributed by atoms with Crippen molar-refractivity contribution < 1.29 is 13.9 Å². The monoisotopic (exact) mass is 436 g/mol. The number of hydrogen-bond acceptors (Lipinski definition) is 4. The molecule has 4 nitrogen and oxygen atoms in total. The van der Waals surface area contributed by atoms with Crippen LogP contribution in [0, 0.1) is 5.82 Å². The Hall–Kier alpha value is -2.99. The van der Waals surface area contributed by atoms with Crippen molar-refractivity contribution in [2.75, 3.05) is 38.2 Å². The molecule has 1 aliphatic heterocycles. The van der Waals surface area contributed by atoms with Crippen LogP contribution >= 0.6 is 11.8 Å². The first-order valence-electron chi connectivity index (χ1n) is 10.3. The quantitative estimate of drug-likeness (QED) is 0.504. The van der Waals surface area contributed by atoms with E-state index in [4.69, 9.17) is 4.74 Å². The molecule has 0 radical (unpaired) electrons. The number of thioether (sulfide) groups is 1. The second-order valence-corrected chi connectivity index (χ2v) is 8.41. The van der Waals surface area contributed by atoms with Gasteiger partial charge in [-0.2, -0.15) is 0 Å². The SMILES string of the molecule is COc1ccc(C(=O)N2CCN(c3ccccc3F)CC2)cc1CSc1ccccc1. The highest BCUT2D eigenvalue weighted by Gasteiger charge is 2.24. The fourth-order valence-corrected chi connectivity index (χ4v) is 4.64. The van der Waals surface area contributed by atoms with Crippen molar-refractivity contribution in [3.05, 3.63) is 89.7 Å². The van der Waals surface area contributed by atoms with Gasteiger partial charge in [-0.1, -0.05) is 30.3 Å². The predicted octanol–water partition coefficient (Wildman–Crippen LogP) is 5.09. The number of methoxy groups -OCH3 is 1. The maximum Gasteiger partial charge on any atom is 0.253 e. The van der Waals surface area contributed by atoms with Gasteiger partial charge in [0.2, 0.25) is 0 Å². The highest BCUT2D eigenvalue weighted by molar-refractivity contribution is 7.98. The summed E-state index contributed by atoms with van der Waals surface area (Å²) in [7, 11) is 1.65. The zero-order valence-electron chi connectivity index (χ0n) is 17.5. The largest absolute Gasteiger partial charge is 0.496 e. The van der Waals surface area contributed by atoms with Gasteiger partial charge in [0.1, 0.15) is 11.6 Å². The minimum absolute atomic E-state index is 0.00166. The third kappa shape index (κ3) is 5.02. The third-order valence-electron chi connectivity index (χ3n) is 5.42. The molecule has 31 heavy (non-hydrogen) atoms. The molecule has 0 bridgehead atoms. The molecule has 0 N–H and O–H groups in total. The zero-order valence-corrected chi connectivity index (χ0v) is 18.3. The van der Waals surface area contributed by atoms with Crippen LogP contribution in [0.15, 0.2) is 77.7 Å². The van der Waals surface area contributed by atoms with Crippen molar-refractivity contribution in [1.29, 1.82) is 0 Å². The number of anilines is 1. The van der Waals surface area contributed by atoms with E-state index < -0.39 is 0 Å². The van der Waals surface area contributed by atoms with Gasteiger partial charge < -0.3 is 14.5 Å². The molecular weight excluding hydrogens is 411 g/mol. The molecule has 4 rings (SSSR count). The molecule has 0 saturated carbocycles. The first-order chi connectivity index (χ1) is 15.2. The van der Waals surface area contributed by atoms with E-state index in [2.05, 4.69) is 12.1 Å². The van der Waals surface area contributed by atoms with Crippen molar-refractivity contribution in [1.82, 2.24) is 4.90 Å². The topological polar surface area (TPSA) is 32.8 Å². The molecule has 1 aliphatic rings. The number of carbonyl (C=O) groups excluding carboxylic acids is 1. The van der Waals surface area contributed by atoms with E-state index in [9.17, 15) is 9.18 Å². The molecule has 0 unspecified atom stereocenters. The summed E-state index contributed by atoms with van der Waals surface area (Å²) in [6.45, 7) is 2.35. The summed E-state index contributed by atoms with van der Waals surface area (Å²) >= 11 is 1.71. The molecule has 1 saturated heterocycles. The van der Waals surface area contributed by atoms with Gasteiger partial charge in [-0.05, 0) is 42.5 Å². The van der Waals surface area contributed by atoms with Crippen LogP contribution in [0.1, 0.15) is 15.9 Å². The summed E-state index contributed by atoms with van der Waals surface area (Å²) in [6, 6.07) is 22.6. The van der Waals surface area contributed by atoms with Crippen LogP contribution in [-0.4, -0.2) is 44.1 Å². The van der Waals surface area contributed by atoms with Crippen LogP contribution in [0.2, 0.25) is 0 Å². The van der Waals surface area contributed by atoms with Gasteiger partial charge in [0.15, 0.2) is 0 Å². The minimum Gasteiger partial charge on any atom is -0.496 e. The zero-order chi connectivity index (χ0) is 21.6. The van der Waals surface area contributed by atoms with E-state index in [1.807, 2.05) is 52.3 Å². The number of benzene rings is 3. The number of hydrogen-bond donors (Lipinski definition) is 0. The predicted molar refractivity (Wildman–Crippen MR) is 124 cm³/mol. The second kappa shape index (κ2) is 9.88. The van der Waals surface area contributed by atoms with Crippen molar-refractivity contribution in [2.45, 2.75) is 10.6 Å². The molecule has 1 fully saturated rings. The molecule has 0 aromatic heterocycles. The summed E-state index contributed by atoms with van der Waals surface area (Å²) in [5.74, 6) is 1.28. The Kier molecular flexibility index (Phi) is 6.77. The number of carbonyl (C=O) groups is 1. The van der Waals surface area contributed by atoms with Crippen LogP contribution < -0.4 is 9.64 Å². The molecule has 1 heterocycles. The molecule has 0 aliphatic carbocycles. The average molecular weight is 437 g/mol. The summed E-state index contributed by atoms with van der Waals surface area (Å²) in [6.07, 6.45) is 0. The second-order valence-electron chi connectivity index (χ2n) is 7.36. The average Bonchev–Trinajstić information content (AvgIpc) is 2.83. The maximum absolute atomic E-state index is 14.1. The highest BCUT2D eigenvalue weighted by Crippen LogP contribution is 2.29. The molecule has 1 amide bonds. The fourth-order valence-electron chi connectivity index (χ4n) is 3.74. The Balaban J connectivity index is 1.43. The molecule has 0 spiro atoms. The lowest BCUT2D eigenvalue weighted by atomic mass is 10.1. The molecule has 0 atom stereocenters. The number of rotatable bonds is 6. The Labute approximate surface area is 186 Å². The van der Waals surface area contributed by atoms with E-state index in [-0.39, 0.29) is 11.7 Å². The van der Waals surface area contributed by atoms with Crippen LogP contribution in [0.3, 0.4) is 0 Å². The Morgan fingerprint density at radius 2 is 1.68 bits per heavy atom. The first-order valence-corrected chi connectivity index (χ1v) is 11.3. The smallest absolute Gasteiger partial charge is 0.253 e. The van der Waals surface area contributed by atoms with E-state index in [1.54, 1.807) is 31.0 Å². The number of piperazine rings is 1. The third-order valence-corrected chi connectivity index (χ3v) is 6.49. The number of ether oxygens (including phenoxy) is 1. The van der Waals surface area contributed by atoms with Gasteiger partial charge in [0.25, 0.3) is 5.91 Å². The normalized spacial score (nSPS) is 13.9. The minimum atomic E-state index is -0.224. The molecule has 3 aromatic carbocycles. The van der Waals surface area contributed by atoms with Gasteiger partial charge in [-0.25, -0.2) is 4.39 Å². The summed E-state index contributed by atoms with van der Waals surface area (Å²) in [4.78, 5) is 18.1. The molecule has 3 aromatic rings. The summed E-state index contributed by atoms with van der Waals surface area (Å²) < 4.78 is 19.6. The summed E-state index contributed by atoms with van der Waals surface area (Å²) in [5, 5.41) is 0. The van der Waals surface area contributed by atoms with Gasteiger partial charge >= 0.3 is 0 Å². The lowest BCUT2D eigenvalue weighted by Crippen LogP contribution is -2.49. The number of halogens is 1. The van der Waals surface area contributed by atoms with Crippen molar-refractivity contribution >= 4 is 23.4 Å². The number of amides is 1. The van der Waals surface area contributed by atoms with Gasteiger partial charge in [-0.15, -0.1) is 11.8 Å². The van der Waals surface area contributed by atoms with E-state index in [0.717, 1.165) is 17.1 Å². The first kappa shape index (κ1) is 21.2. The highest BCUT2D eigenvalue weighted by atomic mass is 32.2. The van der Waals surface area contributed by atoms with Gasteiger partial charge in [0.05, 0.1) is 12.8 Å². The fraction of sp³-hybridized carbons (Fsp3) is 0.240. The Bertz CT molecular complexity index is 1040. The Morgan fingerprint density at radius 1 is 0.968 bits per heavy atom. The lowest BCUT2D eigenvalue weighted by Gasteiger charge is -2.36. The lowest BCUT2D eigenvalue weighted by molar-refractivity contribution is 0.0746. The van der Waals surface area contributed by atoms with E-state index in [0.29, 0.717) is 37.4 Å². The Morgan fingerprint density at radius 3 is 2.39 bits per heavy atom. The standard InChI is InChI=1S/C25H25FN2O2S/c1-30-24-12-11-19(17-20(24)18-31-21-7-3-2-4-8-21)25(29)28-15-13-27(14-16-28)23-10-6-5-9-22(23)26/h2-12,17H,13-16,18H2,1H3. The van der Waals surface area contributed by atoms with Crippen LogP contribution in [0.5, 0.6) is 5.75 Å². The van der Waals surface area contributed by atoms with Gasteiger partial charge in [-0.3, -0.25) is 4.79 Å². The van der Waals surface area contributed by atoms with E-state index >= 15 is 0 Å². The maximum atomic E-state index is 14.1. The van der Waals surface area contributed by atoms with Gasteiger partial charge in [0, 0.05) is 48.0 Å². The number of para-hydroxylation sites is 1. The van der Waals surface area contributed by atoms with Crippen molar-refractivity contribution in [3.8, 4) is 5.75 Å². The molecule has 160 valence electrons. The molecular formula is C25H25FN2O2S. The van der Waals surface area contributed by atoms with Crippen molar-refractivity contribution in [3.63, 3.8) is 0 Å². The molecule has 6 heteroatoms.